The first kappa shape index (κ1) is 19.9. The number of nitrogens with one attached hydrogen (secondary N) is 2. The van der Waals surface area contributed by atoms with Crippen LogP contribution in [0.15, 0.2) is 21.5 Å². The van der Waals surface area contributed by atoms with E-state index in [1.54, 1.807) is 11.3 Å². The normalized spacial score (nSPS) is 16.7. The third-order valence-electron chi connectivity index (χ3n) is 4.92. The quantitative estimate of drug-likeness (QED) is 0.560. The molecule has 1 aliphatic rings. The fraction of sp³-hybridized carbons (Fsp3) is 0.600. The van der Waals surface area contributed by atoms with Crippen molar-refractivity contribution in [3.05, 3.63) is 39.2 Å². The third kappa shape index (κ3) is 5.32. The molecule has 0 radical (unpaired) electrons. The van der Waals surface area contributed by atoms with Crippen LogP contribution >= 0.6 is 11.3 Å². The number of hydrogen-bond donors (Lipinski definition) is 2. The zero-order valence-electron chi connectivity index (χ0n) is 16.8. The number of rotatable bonds is 7. The van der Waals surface area contributed by atoms with Gasteiger partial charge >= 0.3 is 0 Å². The van der Waals surface area contributed by atoms with Crippen LogP contribution < -0.4 is 10.6 Å². The lowest BCUT2D eigenvalue weighted by Gasteiger charge is -2.26. The van der Waals surface area contributed by atoms with Crippen molar-refractivity contribution < 1.29 is 4.42 Å². The Morgan fingerprint density at radius 3 is 2.63 bits per heavy atom. The summed E-state index contributed by atoms with van der Waals surface area (Å²) in [6.07, 6.45) is 2.51. The predicted molar refractivity (Wildman–Crippen MR) is 111 cm³/mol. The smallest absolute Gasteiger partial charge is 0.191 e. The Morgan fingerprint density at radius 2 is 2.04 bits per heavy atom. The monoisotopic (exact) mass is 389 g/mol. The molecule has 0 bridgehead atoms. The van der Waals surface area contributed by atoms with Gasteiger partial charge in [-0.3, -0.25) is 4.90 Å². The number of aryl methyl sites for hydroxylation is 3. The van der Waals surface area contributed by atoms with E-state index in [0.29, 0.717) is 6.54 Å². The molecule has 1 atom stereocenters. The molecule has 2 N–H and O–H groups in total. The van der Waals surface area contributed by atoms with Gasteiger partial charge < -0.3 is 15.1 Å². The van der Waals surface area contributed by atoms with Gasteiger partial charge in [-0.2, -0.15) is 0 Å². The van der Waals surface area contributed by atoms with Crippen LogP contribution in [0.5, 0.6) is 0 Å². The van der Waals surface area contributed by atoms with Crippen molar-refractivity contribution in [2.45, 2.75) is 53.1 Å². The van der Waals surface area contributed by atoms with Gasteiger partial charge in [0.2, 0.25) is 0 Å². The van der Waals surface area contributed by atoms with Gasteiger partial charge in [-0.15, -0.1) is 11.3 Å². The highest BCUT2D eigenvalue weighted by atomic mass is 32.1. The summed E-state index contributed by atoms with van der Waals surface area (Å²) in [5.74, 6) is 2.82. The molecule has 7 heteroatoms. The van der Waals surface area contributed by atoms with Crippen molar-refractivity contribution in [3.8, 4) is 0 Å². The number of nitrogens with zero attached hydrogens (tertiary/aromatic N) is 3. The van der Waals surface area contributed by atoms with Crippen molar-refractivity contribution in [2.24, 2.45) is 4.99 Å². The predicted octanol–water partition coefficient (Wildman–Crippen LogP) is 3.55. The molecule has 1 saturated heterocycles. The van der Waals surface area contributed by atoms with E-state index in [9.17, 15) is 0 Å². The standard InChI is InChI=1S/C20H31N5OS/c1-5-21-20(23-13-19-24-15(3)16(4)27-19)22-12-17(25-10-6-7-11-25)18-9-8-14(2)26-18/h8-9,17H,5-7,10-13H2,1-4H3,(H2,21,22,23). The van der Waals surface area contributed by atoms with Crippen molar-refractivity contribution >= 4 is 17.3 Å². The van der Waals surface area contributed by atoms with Crippen LogP contribution in [0.4, 0.5) is 0 Å². The first-order chi connectivity index (χ1) is 13.1. The number of furan rings is 1. The van der Waals surface area contributed by atoms with E-state index in [1.807, 2.05) is 13.0 Å². The summed E-state index contributed by atoms with van der Waals surface area (Å²) in [6, 6.07) is 4.38. The zero-order valence-corrected chi connectivity index (χ0v) is 17.7. The minimum atomic E-state index is 0.231. The Bertz CT molecular complexity index is 741. The largest absolute Gasteiger partial charge is 0.465 e. The molecule has 0 aliphatic carbocycles. The van der Waals surface area contributed by atoms with Crippen molar-refractivity contribution in [1.82, 2.24) is 20.5 Å². The minimum Gasteiger partial charge on any atom is -0.465 e. The van der Waals surface area contributed by atoms with Crippen LogP contribution in [0.1, 0.15) is 52.9 Å². The second-order valence-electron chi connectivity index (χ2n) is 7.03. The van der Waals surface area contributed by atoms with Gasteiger partial charge in [0.25, 0.3) is 0 Å². The number of hydrogen-bond acceptors (Lipinski definition) is 5. The first-order valence-electron chi connectivity index (χ1n) is 9.82. The maximum Gasteiger partial charge on any atom is 0.191 e. The maximum atomic E-state index is 5.95. The Kier molecular flexibility index (Phi) is 6.90. The van der Waals surface area contributed by atoms with Crippen molar-refractivity contribution in [1.29, 1.82) is 0 Å². The minimum absolute atomic E-state index is 0.231. The van der Waals surface area contributed by atoms with E-state index in [1.165, 1.54) is 17.7 Å². The topological polar surface area (TPSA) is 65.7 Å². The van der Waals surface area contributed by atoms with E-state index in [4.69, 9.17) is 9.41 Å². The molecule has 3 rings (SSSR count). The Labute approximate surface area is 166 Å². The molecule has 0 amide bonds. The summed E-state index contributed by atoms with van der Waals surface area (Å²) in [5, 5.41) is 7.91. The Hall–Kier alpha value is -1.86. The molecule has 1 unspecified atom stereocenters. The van der Waals surface area contributed by atoms with E-state index < -0.39 is 0 Å². The number of likely N-dealkylation sites (tertiary alicyclic amines) is 1. The van der Waals surface area contributed by atoms with Gasteiger partial charge in [0.15, 0.2) is 5.96 Å². The van der Waals surface area contributed by atoms with Crippen molar-refractivity contribution in [2.75, 3.05) is 26.2 Å². The van der Waals surface area contributed by atoms with Gasteiger partial charge in [-0.05, 0) is 65.8 Å². The molecule has 6 nitrogen and oxygen atoms in total. The highest BCUT2D eigenvalue weighted by Crippen LogP contribution is 2.26. The molecular weight excluding hydrogens is 358 g/mol. The van der Waals surface area contributed by atoms with Gasteiger partial charge in [0.1, 0.15) is 16.5 Å². The second kappa shape index (κ2) is 9.37. The van der Waals surface area contributed by atoms with Crippen LogP contribution in [-0.2, 0) is 6.54 Å². The van der Waals surface area contributed by atoms with Crippen molar-refractivity contribution in [3.63, 3.8) is 0 Å². The van der Waals surface area contributed by atoms with Gasteiger partial charge in [-0.25, -0.2) is 9.98 Å². The van der Waals surface area contributed by atoms with Crippen LogP contribution in [0.3, 0.4) is 0 Å². The van der Waals surface area contributed by atoms with E-state index in [2.05, 4.69) is 47.4 Å². The van der Waals surface area contributed by atoms with Crippen LogP contribution in [0.25, 0.3) is 0 Å². The fourth-order valence-electron chi connectivity index (χ4n) is 3.38. The number of guanidine groups is 1. The molecule has 3 heterocycles. The first-order valence-corrected chi connectivity index (χ1v) is 10.6. The summed E-state index contributed by atoms with van der Waals surface area (Å²) in [7, 11) is 0. The number of aromatic nitrogens is 1. The molecule has 27 heavy (non-hydrogen) atoms. The third-order valence-corrected chi connectivity index (χ3v) is 5.98. The zero-order chi connectivity index (χ0) is 19.2. The maximum absolute atomic E-state index is 5.95. The summed E-state index contributed by atoms with van der Waals surface area (Å²) in [4.78, 5) is 13.1. The second-order valence-corrected chi connectivity index (χ2v) is 8.32. The summed E-state index contributed by atoms with van der Waals surface area (Å²) in [6.45, 7) is 12.7. The lowest BCUT2D eigenvalue weighted by atomic mass is 10.2. The average Bonchev–Trinajstić information content (AvgIpc) is 3.37. The molecular formula is C20H31N5OS. The van der Waals surface area contributed by atoms with E-state index >= 15 is 0 Å². The molecule has 1 fully saturated rings. The molecule has 0 saturated carbocycles. The lowest BCUT2D eigenvalue weighted by Crippen LogP contribution is -2.42. The summed E-state index contributed by atoms with van der Waals surface area (Å²) in [5.41, 5.74) is 1.10. The van der Waals surface area contributed by atoms with Crippen LogP contribution in [0, 0.1) is 20.8 Å². The van der Waals surface area contributed by atoms with Gasteiger partial charge in [0, 0.05) is 18.0 Å². The van der Waals surface area contributed by atoms with Gasteiger partial charge in [0.05, 0.1) is 18.3 Å². The van der Waals surface area contributed by atoms with Crippen LogP contribution in [0.2, 0.25) is 0 Å². The molecule has 1 aliphatic heterocycles. The highest BCUT2D eigenvalue weighted by Gasteiger charge is 2.26. The molecule has 2 aromatic heterocycles. The average molecular weight is 390 g/mol. The SMILES string of the molecule is CCNC(=NCc1nc(C)c(C)s1)NCC(c1ccc(C)o1)N1CCCC1. The fourth-order valence-corrected chi connectivity index (χ4v) is 4.24. The number of thiazole rings is 1. The number of aliphatic imine (C=N–C) groups is 1. The molecule has 148 valence electrons. The van der Waals surface area contributed by atoms with Crippen LogP contribution in [-0.4, -0.2) is 42.0 Å². The van der Waals surface area contributed by atoms with Gasteiger partial charge in [-0.1, -0.05) is 0 Å². The summed E-state index contributed by atoms with van der Waals surface area (Å²) >= 11 is 1.72. The highest BCUT2D eigenvalue weighted by molar-refractivity contribution is 7.11. The van der Waals surface area contributed by atoms with E-state index in [-0.39, 0.29) is 6.04 Å². The molecule has 0 spiro atoms. The Balaban J connectivity index is 1.67. The molecule has 2 aromatic rings. The Morgan fingerprint density at radius 1 is 1.26 bits per heavy atom. The van der Waals surface area contributed by atoms with E-state index in [0.717, 1.165) is 54.4 Å². The summed E-state index contributed by atoms with van der Waals surface area (Å²) < 4.78 is 5.95. The molecule has 0 aromatic carbocycles. The lowest BCUT2D eigenvalue weighted by molar-refractivity contribution is 0.213.